The number of hydrogen-bond acceptors (Lipinski definition) is 4. The molecule has 0 spiro atoms. The predicted octanol–water partition coefficient (Wildman–Crippen LogP) is -0.330. The number of aliphatic imine (C=N–C) groups is 1. The Bertz CT molecular complexity index is 675. The Morgan fingerprint density at radius 3 is 2.68 bits per heavy atom. The number of rotatable bonds is 1. The fraction of sp³-hybridized carbons (Fsp3) is 0.273. The molecule has 0 aromatic heterocycles. The molecule has 7 nitrogen and oxygen atoms in total. The molecule has 0 aliphatic carbocycles. The van der Waals surface area contributed by atoms with E-state index in [0.29, 0.717) is 11.1 Å². The number of ether oxygens (including phenoxy) is 1. The van der Waals surface area contributed by atoms with Crippen molar-refractivity contribution >= 4 is 21.7 Å². The number of carbonyl (C=O) groups is 1. The van der Waals surface area contributed by atoms with E-state index in [0.717, 1.165) is 0 Å². The molecule has 0 atom stereocenters. The van der Waals surface area contributed by atoms with Gasteiger partial charge < -0.3 is 16.2 Å². The number of hydrogen-bond donors (Lipinski definition) is 2. The second-order valence-corrected chi connectivity index (χ2v) is 6.10. The monoisotopic (exact) mass is 283 g/mol. The molecule has 1 aliphatic heterocycles. The van der Waals surface area contributed by atoms with Crippen molar-refractivity contribution in [2.75, 3.05) is 5.94 Å². The Morgan fingerprint density at radius 2 is 2.05 bits per heavy atom. The second-order valence-electron chi connectivity index (χ2n) is 4.20. The minimum absolute atomic E-state index is 0.0958. The highest BCUT2D eigenvalue weighted by atomic mass is 32.2. The molecule has 1 aliphatic rings. The van der Waals surface area contributed by atoms with Gasteiger partial charge in [0.15, 0.2) is 11.9 Å². The van der Waals surface area contributed by atoms with E-state index in [1.807, 2.05) is 0 Å². The van der Waals surface area contributed by atoms with Crippen LogP contribution in [-0.4, -0.2) is 26.2 Å². The number of sulfone groups is 1. The van der Waals surface area contributed by atoms with E-state index in [1.54, 1.807) is 13.0 Å². The van der Waals surface area contributed by atoms with Crippen LogP contribution in [0, 0.1) is 6.92 Å². The van der Waals surface area contributed by atoms with E-state index in [-0.39, 0.29) is 29.0 Å². The molecule has 0 unspecified atom stereocenters. The minimum Gasteiger partial charge on any atom is -0.370 e. The molecule has 1 heterocycles. The second kappa shape index (κ2) is 4.63. The third kappa shape index (κ3) is 2.59. The molecule has 1 aromatic rings. The van der Waals surface area contributed by atoms with Crippen molar-refractivity contribution in [3.05, 3.63) is 28.8 Å². The summed E-state index contributed by atoms with van der Waals surface area (Å²) in [6.07, 6.45) is 0. The maximum Gasteiger partial charge on any atom is 0.280 e. The van der Waals surface area contributed by atoms with E-state index in [4.69, 9.17) is 16.2 Å². The molecule has 8 heteroatoms. The van der Waals surface area contributed by atoms with Crippen LogP contribution in [0.2, 0.25) is 0 Å². The first kappa shape index (κ1) is 13.5. The van der Waals surface area contributed by atoms with Gasteiger partial charge in [-0.15, -0.1) is 0 Å². The molecular weight excluding hydrogens is 270 g/mol. The summed E-state index contributed by atoms with van der Waals surface area (Å²) in [5.74, 6) is -1.42. The summed E-state index contributed by atoms with van der Waals surface area (Å²) in [5.41, 5.74) is 11.6. The number of benzene rings is 1. The van der Waals surface area contributed by atoms with Crippen molar-refractivity contribution in [3.8, 4) is 0 Å². The number of nitrogens with two attached hydrogens (primary N) is 2. The summed E-state index contributed by atoms with van der Waals surface area (Å²) in [6, 6.07) is 2.90. The largest absolute Gasteiger partial charge is 0.370 e. The number of aryl methyl sites for hydroxylation is 1. The minimum atomic E-state index is -3.53. The van der Waals surface area contributed by atoms with Crippen LogP contribution in [0.4, 0.5) is 0 Å². The summed E-state index contributed by atoms with van der Waals surface area (Å²) in [4.78, 5) is 15.3. The lowest BCUT2D eigenvalue weighted by Gasteiger charge is -2.18. The van der Waals surface area contributed by atoms with Gasteiger partial charge >= 0.3 is 0 Å². The fourth-order valence-corrected chi connectivity index (χ4v) is 3.13. The number of amides is 1. The molecule has 102 valence electrons. The van der Waals surface area contributed by atoms with E-state index in [1.165, 1.54) is 6.07 Å². The van der Waals surface area contributed by atoms with E-state index in [2.05, 4.69) is 4.99 Å². The van der Waals surface area contributed by atoms with Gasteiger partial charge in [0.1, 0.15) is 0 Å². The van der Waals surface area contributed by atoms with Crippen LogP contribution in [0.5, 0.6) is 0 Å². The average molecular weight is 283 g/mol. The normalized spacial score (nSPS) is 16.5. The van der Waals surface area contributed by atoms with Crippen LogP contribution in [0.15, 0.2) is 22.0 Å². The van der Waals surface area contributed by atoms with Gasteiger partial charge in [0.2, 0.25) is 9.84 Å². The van der Waals surface area contributed by atoms with Gasteiger partial charge in [-0.3, -0.25) is 4.79 Å². The average Bonchev–Trinajstić information content (AvgIpc) is 2.26. The molecule has 1 aromatic carbocycles. The highest BCUT2D eigenvalue weighted by Gasteiger charge is 2.26. The first-order valence-corrected chi connectivity index (χ1v) is 7.04. The lowest BCUT2D eigenvalue weighted by molar-refractivity contribution is 0.100. The van der Waals surface area contributed by atoms with E-state index < -0.39 is 15.7 Å². The number of fused-ring (bicyclic) bond motifs is 1. The van der Waals surface area contributed by atoms with Crippen molar-refractivity contribution < 1.29 is 17.9 Å². The van der Waals surface area contributed by atoms with Crippen molar-refractivity contribution in [1.29, 1.82) is 0 Å². The molecule has 0 saturated heterocycles. The molecule has 4 N–H and O–H groups in total. The Morgan fingerprint density at radius 1 is 1.37 bits per heavy atom. The lowest BCUT2D eigenvalue weighted by Crippen LogP contribution is -2.25. The van der Waals surface area contributed by atoms with Gasteiger partial charge in [-0.1, -0.05) is 6.07 Å². The molecule has 1 amide bonds. The quantitative estimate of drug-likeness (QED) is 0.537. The van der Waals surface area contributed by atoms with Gasteiger partial charge in [0.25, 0.3) is 5.91 Å². The van der Waals surface area contributed by atoms with Crippen LogP contribution in [0.25, 0.3) is 0 Å². The van der Waals surface area contributed by atoms with Gasteiger partial charge in [-0.05, 0) is 24.1 Å². The van der Waals surface area contributed by atoms with Gasteiger partial charge in [-0.25, -0.2) is 8.42 Å². The molecule has 0 radical (unpaired) electrons. The highest BCUT2D eigenvalue weighted by molar-refractivity contribution is 7.91. The van der Waals surface area contributed by atoms with Gasteiger partial charge in [0.05, 0.1) is 11.5 Å². The first-order valence-electron chi connectivity index (χ1n) is 5.39. The molecule has 2 rings (SSSR count). The number of guanidine groups is 1. The van der Waals surface area contributed by atoms with Gasteiger partial charge in [0, 0.05) is 5.56 Å². The van der Waals surface area contributed by atoms with Crippen LogP contribution < -0.4 is 11.5 Å². The SMILES string of the molecule is Cc1cc2c(cc1C(=O)N=C(N)N)S(=O)(=O)COC2. The molecular formula is C11H13N3O4S. The summed E-state index contributed by atoms with van der Waals surface area (Å²) < 4.78 is 28.7. The zero-order chi connectivity index (χ0) is 14.2. The van der Waals surface area contributed by atoms with Crippen molar-refractivity contribution in [1.82, 2.24) is 0 Å². The lowest BCUT2D eigenvalue weighted by atomic mass is 10.0. The number of nitrogens with zero attached hydrogens (tertiary/aromatic N) is 1. The van der Waals surface area contributed by atoms with Crippen LogP contribution >= 0.6 is 0 Å². The third-order valence-corrected chi connectivity index (χ3v) is 4.23. The van der Waals surface area contributed by atoms with Crippen LogP contribution in [0.1, 0.15) is 21.5 Å². The molecule has 0 bridgehead atoms. The molecule has 0 saturated carbocycles. The Balaban J connectivity index is 2.60. The maximum absolute atomic E-state index is 11.9. The van der Waals surface area contributed by atoms with E-state index in [9.17, 15) is 13.2 Å². The highest BCUT2D eigenvalue weighted by Crippen LogP contribution is 2.27. The van der Waals surface area contributed by atoms with E-state index >= 15 is 0 Å². The number of carbonyl (C=O) groups excluding carboxylic acids is 1. The van der Waals surface area contributed by atoms with Crippen molar-refractivity contribution in [2.45, 2.75) is 18.4 Å². The summed E-state index contributed by atoms with van der Waals surface area (Å²) >= 11 is 0. The van der Waals surface area contributed by atoms with Gasteiger partial charge in [-0.2, -0.15) is 4.99 Å². The zero-order valence-electron chi connectivity index (χ0n) is 10.2. The third-order valence-electron chi connectivity index (χ3n) is 2.70. The summed E-state index contributed by atoms with van der Waals surface area (Å²) in [7, 11) is -3.53. The zero-order valence-corrected chi connectivity index (χ0v) is 11.0. The smallest absolute Gasteiger partial charge is 0.280 e. The topological polar surface area (TPSA) is 125 Å². The standard InChI is InChI=1S/C11H13N3O4S/c1-6-2-7-4-18-5-19(16,17)9(7)3-8(6)10(15)14-11(12)13/h2-3H,4-5H2,1H3,(H4,12,13,14,15). The molecule has 19 heavy (non-hydrogen) atoms. The Kier molecular flexibility index (Phi) is 3.29. The van der Waals surface area contributed by atoms with Crippen LogP contribution in [-0.2, 0) is 21.2 Å². The Labute approximate surface area is 110 Å². The van der Waals surface area contributed by atoms with Crippen molar-refractivity contribution in [3.63, 3.8) is 0 Å². The summed E-state index contributed by atoms with van der Waals surface area (Å²) in [6.45, 7) is 1.88. The predicted molar refractivity (Wildman–Crippen MR) is 68.2 cm³/mol. The Hall–Kier alpha value is -1.93. The maximum atomic E-state index is 11.9. The first-order chi connectivity index (χ1) is 8.81. The summed E-state index contributed by atoms with van der Waals surface area (Å²) in [5, 5.41) is 0. The fourth-order valence-electron chi connectivity index (χ4n) is 1.88. The van der Waals surface area contributed by atoms with Crippen LogP contribution in [0.3, 0.4) is 0 Å². The molecule has 0 fully saturated rings. The van der Waals surface area contributed by atoms with Crippen molar-refractivity contribution in [2.24, 2.45) is 16.5 Å².